The number of pyridine rings is 1. The average Bonchev–Trinajstić information content (AvgIpc) is 3.58. The maximum Gasteiger partial charge on any atom is 0.161 e. The number of ether oxygens (including phenoxy) is 2. The Hall–Kier alpha value is -5.35. The summed E-state index contributed by atoms with van der Waals surface area (Å²) in [5, 5.41) is 7.51. The molecule has 7 aromatic rings. The van der Waals surface area contributed by atoms with Crippen LogP contribution in [0, 0.1) is 0 Å². The predicted molar refractivity (Wildman–Crippen MR) is 180 cm³/mol. The Morgan fingerprint density at radius 2 is 1.23 bits per heavy atom. The summed E-state index contributed by atoms with van der Waals surface area (Å²) in [6, 6.07) is 43.1. The van der Waals surface area contributed by atoms with Crippen LogP contribution in [-0.2, 0) is 5.41 Å². The van der Waals surface area contributed by atoms with Crippen LogP contribution >= 0.6 is 0 Å². The van der Waals surface area contributed by atoms with Crippen LogP contribution in [0.3, 0.4) is 0 Å². The number of methoxy groups -OCH3 is 2. The van der Waals surface area contributed by atoms with E-state index in [1.807, 2.05) is 6.07 Å². The highest BCUT2D eigenvalue weighted by molar-refractivity contribution is 6.09. The summed E-state index contributed by atoms with van der Waals surface area (Å²) in [7, 11) is 3.37. The van der Waals surface area contributed by atoms with Gasteiger partial charge in [0.1, 0.15) is 5.69 Å². The molecule has 0 atom stereocenters. The average molecular weight is 573 g/mol. The van der Waals surface area contributed by atoms with Crippen LogP contribution in [0.25, 0.3) is 61.1 Å². The molecule has 0 radical (unpaired) electrons. The first-order valence-corrected chi connectivity index (χ1v) is 15.0. The third kappa shape index (κ3) is 3.80. The van der Waals surface area contributed by atoms with Gasteiger partial charge in [-0.2, -0.15) is 5.10 Å². The van der Waals surface area contributed by atoms with E-state index in [4.69, 9.17) is 14.6 Å². The summed E-state index contributed by atoms with van der Waals surface area (Å²) >= 11 is 0. The molecular formula is C40H32N2O2. The number of aromatic nitrogens is 2. The molecule has 44 heavy (non-hydrogen) atoms. The van der Waals surface area contributed by atoms with Gasteiger partial charge in [0.2, 0.25) is 0 Å². The van der Waals surface area contributed by atoms with Gasteiger partial charge in [-0.15, -0.1) is 0 Å². The summed E-state index contributed by atoms with van der Waals surface area (Å²) in [5.74, 6) is 1.39. The van der Waals surface area contributed by atoms with Gasteiger partial charge in [0, 0.05) is 27.5 Å². The Labute approximate surface area is 257 Å². The van der Waals surface area contributed by atoms with Crippen molar-refractivity contribution in [3.63, 3.8) is 0 Å². The van der Waals surface area contributed by atoms with Crippen LogP contribution in [0.4, 0.5) is 0 Å². The summed E-state index contributed by atoms with van der Waals surface area (Å²) in [5.41, 5.74) is 12.6. The van der Waals surface area contributed by atoms with Crippen molar-refractivity contribution in [2.75, 3.05) is 14.2 Å². The molecule has 0 N–H and O–H groups in total. The highest BCUT2D eigenvalue weighted by Crippen LogP contribution is 2.51. The van der Waals surface area contributed by atoms with Gasteiger partial charge in [0.05, 0.1) is 25.4 Å². The maximum atomic E-state index is 5.81. The molecule has 2 heterocycles. The smallest absolute Gasteiger partial charge is 0.161 e. The second-order valence-electron chi connectivity index (χ2n) is 12.0. The van der Waals surface area contributed by atoms with Gasteiger partial charge in [-0.3, -0.25) is 0 Å². The van der Waals surface area contributed by atoms with Gasteiger partial charge in [0.15, 0.2) is 11.5 Å². The Bertz CT molecular complexity index is 2210. The molecule has 0 saturated carbocycles. The van der Waals surface area contributed by atoms with Crippen molar-refractivity contribution < 1.29 is 9.47 Å². The minimum Gasteiger partial charge on any atom is -0.493 e. The molecule has 1 aliphatic rings. The summed E-state index contributed by atoms with van der Waals surface area (Å²) in [6.45, 7) is 4.66. The molecule has 0 spiro atoms. The molecule has 0 saturated heterocycles. The molecule has 0 amide bonds. The lowest BCUT2D eigenvalue weighted by molar-refractivity contribution is 0.356. The molecule has 0 unspecified atom stereocenters. The third-order valence-electron chi connectivity index (χ3n) is 9.21. The fraction of sp³-hybridized carbons (Fsp3) is 0.125. The monoisotopic (exact) mass is 572 g/mol. The minimum atomic E-state index is -0.119. The van der Waals surface area contributed by atoms with Crippen molar-refractivity contribution in [2.45, 2.75) is 19.3 Å². The SMILES string of the molecule is COc1cc2cc(-c3ccccc3)n3nc(-c4ccccc4)c(-c4ccc5c(c4)C(C)(C)c4ccccc4-5)c3c2cc1OC. The van der Waals surface area contributed by atoms with Gasteiger partial charge in [-0.1, -0.05) is 111 Å². The van der Waals surface area contributed by atoms with E-state index in [2.05, 4.69) is 134 Å². The van der Waals surface area contributed by atoms with Gasteiger partial charge in [0.25, 0.3) is 0 Å². The molecule has 0 bridgehead atoms. The van der Waals surface area contributed by atoms with E-state index >= 15 is 0 Å². The normalized spacial score (nSPS) is 13.2. The van der Waals surface area contributed by atoms with Crippen LogP contribution < -0.4 is 9.47 Å². The lowest BCUT2D eigenvalue weighted by Crippen LogP contribution is -2.14. The molecule has 0 fully saturated rings. The topological polar surface area (TPSA) is 35.8 Å². The summed E-state index contributed by atoms with van der Waals surface area (Å²) in [4.78, 5) is 0. The van der Waals surface area contributed by atoms with Crippen molar-refractivity contribution in [3.05, 3.63) is 132 Å². The zero-order valence-electron chi connectivity index (χ0n) is 25.3. The van der Waals surface area contributed by atoms with Crippen LogP contribution in [0.2, 0.25) is 0 Å². The molecular weight excluding hydrogens is 540 g/mol. The maximum absolute atomic E-state index is 5.81. The number of rotatable bonds is 5. The van der Waals surface area contributed by atoms with E-state index in [0.29, 0.717) is 11.5 Å². The van der Waals surface area contributed by atoms with Crippen LogP contribution in [-0.4, -0.2) is 23.8 Å². The van der Waals surface area contributed by atoms with Crippen molar-refractivity contribution >= 4 is 16.3 Å². The van der Waals surface area contributed by atoms with Gasteiger partial charge in [-0.25, -0.2) is 4.52 Å². The third-order valence-corrected chi connectivity index (χ3v) is 9.21. The molecule has 1 aliphatic carbocycles. The Kier molecular flexibility index (Phi) is 5.89. The molecule has 8 rings (SSSR count). The molecule has 0 aliphatic heterocycles. The second-order valence-corrected chi connectivity index (χ2v) is 12.0. The van der Waals surface area contributed by atoms with Crippen molar-refractivity contribution in [1.82, 2.24) is 9.61 Å². The molecule has 4 nitrogen and oxygen atoms in total. The molecule has 214 valence electrons. The van der Waals surface area contributed by atoms with Gasteiger partial charge >= 0.3 is 0 Å². The minimum absolute atomic E-state index is 0.119. The lowest BCUT2D eigenvalue weighted by Gasteiger charge is -2.22. The van der Waals surface area contributed by atoms with E-state index in [-0.39, 0.29) is 5.41 Å². The number of hydrogen-bond acceptors (Lipinski definition) is 3. The van der Waals surface area contributed by atoms with E-state index in [9.17, 15) is 0 Å². The van der Waals surface area contributed by atoms with Crippen LogP contribution in [0.1, 0.15) is 25.0 Å². The molecule has 5 aromatic carbocycles. The standard InChI is InChI=1S/C40H32N2O2/c1-40(2)32-18-12-11-17-29(32)30-20-19-27(21-33(30)40)37-38(26-15-9-6-10-16-26)41-42-34(25-13-7-5-8-14-25)22-28-23-35(43-3)36(44-4)24-31(28)39(37)42/h5-24H,1-4H3. The van der Waals surface area contributed by atoms with E-state index in [0.717, 1.165) is 49.9 Å². The first-order valence-electron chi connectivity index (χ1n) is 15.0. The highest BCUT2D eigenvalue weighted by Gasteiger charge is 2.36. The predicted octanol–water partition coefficient (Wildman–Crippen LogP) is 9.81. The van der Waals surface area contributed by atoms with Crippen molar-refractivity contribution in [2.24, 2.45) is 0 Å². The van der Waals surface area contributed by atoms with E-state index in [1.54, 1.807) is 14.2 Å². The fourth-order valence-electron chi connectivity index (χ4n) is 7.01. The Morgan fingerprint density at radius 3 is 1.95 bits per heavy atom. The summed E-state index contributed by atoms with van der Waals surface area (Å²) < 4.78 is 13.7. The number of benzene rings is 5. The van der Waals surface area contributed by atoms with Crippen LogP contribution in [0.15, 0.2) is 121 Å². The number of fused-ring (bicyclic) bond motifs is 6. The van der Waals surface area contributed by atoms with E-state index < -0.39 is 0 Å². The number of hydrogen-bond donors (Lipinski definition) is 0. The van der Waals surface area contributed by atoms with E-state index in [1.165, 1.54) is 22.3 Å². The largest absolute Gasteiger partial charge is 0.493 e. The first kappa shape index (κ1) is 26.3. The van der Waals surface area contributed by atoms with Gasteiger partial charge in [-0.05, 0) is 57.5 Å². The molecule has 2 aromatic heterocycles. The van der Waals surface area contributed by atoms with Crippen LogP contribution in [0.5, 0.6) is 11.5 Å². The van der Waals surface area contributed by atoms with Crippen molar-refractivity contribution in [1.29, 1.82) is 0 Å². The van der Waals surface area contributed by atoms with Crippen molar-refractivity contribution in [3.8, 4) is 56.3 Å². The zero-order chi connectivity index (χ0) is 30.0. The highest BCUT2D eigenvalue weighted by atomic mass is 16.5. The Balaban J connectivity index is 1.52. The van der Waals surface area contributed by atoms with Gasteiger partial charge < -0.3 is 9.47 Å². The quantitative estimate of drug-likeness (QED) is 0.206. The second kappa shape index (κ2) is 9.85. The summed E-state index contributed by atoms with van der Waals surface area (Å²) in [6.07, 6.45) is 0. The zero-order valence-corrected chi connectivity index (χ0v) is 25.3. The first-order chi connectivity index (χ1) is 21.5. The lowest BCUT2D eigenvalue weighted by atomic mass is 9.81. The number of nitrogens with zero attached hydrogens (tertiary/aromatic N) is 2. The molecule has 4 heteroatoms. The Morgan fingerprint density at radius 1 is 0.591 bits per heavy atom. The fourth-order valence-corrected chi connectivity index (χ4v) is 7.01.